The predicted molar refractivity (Wildman–Crippen MR) is 246 cm³/mol. The van der Waals surface area contributed by atoms with Crippen LogP contribution in [-0.4, -0.2) is 4.57 Å². The highest BCUT2D eigenvalue weighted by Gasteiger charge is 2.21. The molecule has 0 saturated carbocycles. The summed E-state index contributed by atoms with van der Waals surface area (Å²) >= 11 is 0. The molecule has 0 amide bonds. The topological polar surface area (TPSA) is 8.17 Å². The van der Waals surface area contributed by atoms with Crippen LogP contribution in [0.4, 0.5) is 17.1 Å². The van der Waals surface area contributed by atoms with Gasteiger partial charge >= 0.3 is 0 Å². The lowest BCUT2D eigenvalue weighted by Crippen LogP contribution is -2.09. The van der Waals surface area contributed by atoms with Crippen molar-refractivity contribution in [1.82, 2.24) is 4.57 Å². The van der Waals surface area contributed by atoms with Crippen molar-refractivity contribution in [1.29, 1.82) is 0 Å². The summed E-state index contributed by atoms with van der Waals surface area (Å²) in [5.41, 5.74) is 16.2. The van der Waals surface area contributed by atoms with E-state index in [4.69, 9.17) is 0 Å². The lowest BCUT2D eigenvalue weighted by atomic mass is 9.95. The van der Waals surface area contributed by atoms with Crippen LogP contribution in [0.5, 0.6) is 0 Å². The molecule has 0 saturated heterocycles. The van der Waals surface area contributed by atoms with Crippen LogP contribution in [0.1, 0.15) is 24.1 Å². The van der Waals surface area contributed by atoms with Crippen LogP contribution in [-0.2, 0) is 12.8 Å². The van der Waals surface area contributed by atoms with Gasteiger partial charge < -0.3 is 9.47 Å². The van der Waals surface area contributed by atoms with Crippen LogP contribution >= 0.6 is 0 Å². The van der Waals surface area contributed by atoms with Crippen molar-refractivity contribution in [2.45, 2.75) is 25.7 Å². The largest absolute Gasteiger partial charge is 0.313 e. The first-order valence-electron chi connectivity index (χ1n) is 20.6. The molecule has 1 aromatic heterocycles. The molecule has 0 bridgehead atoms. The molecule has 1 aliphatic carbocycles. The number of aryl methyl sites for hydroxylation is 1. The minimum absolute atomic E-state index is 1.11. The van der Waals surface area contributed by atoms with Gasteiger partial charge in [-0.15, -0.1) is 0 Å². The standard InChI is InChI=1S/C56H42N2/c1-3-15-49-41(11-1)13-9-19-51(49)43-27-35-46(36-28-43)57(47-37-29-44(30-38-47)52-20-10-14-42-12-2-4-16-50(42)52)45-31-23-39(24-32-45)40-25-33-48(34-26-40)58-55-21-7-5-17-53(55)54-18-6-8-22-56(54)58/h1-5,7,9-17,19-21,23-38H,6,8,18,22H2. The van der Waals surface area contributed by atoms with Crippen molar-refractivity contribution in [3.05, 3.63) is 218 Å². The number of anilines is 3. The Morgan fingerprint density at radius 2 is 0.776 bits per heavy atom. The molecule has 0 fully saturated rings. The van der Waals surface area contributed by atoms with Crippen LogP contribution in [0.25, 0.3) is 71.5 Å². The van der Waals surface area contributed by atoms with Crippen LogP contribution < -0.4 is 4.90 Å². The van der Waals surface area contributed by atoms with Gasteiger partial charge in [-0.05, 0) is 141 Å². The van der Waals surface area contributed by atoms with Crippen molar-refractivity contribution in [3.8, 4) is 39.1 Å². The monoisotopic (exact) mass is 742 g/mol. The van der Waals surface area contributed by atoms with Crippen LogP contribution in [0.15, 0.2) is 206 Å². The van der Waals surface area contributed by atoms with Crippen LogP contribution in [0.3, 0.4) is 0 Å². The molecule has 11 rings (SSSR count). The molecule has 1 heterocycles. The fourth-order valence-corrected chi connectivity index (χ4v) is 9.38. The predicted octanol–water partition coefficient (Wildman–Crippen LogP) is 15.3. The summed E-state index contributed by atoms with van der Waals surface area (Å²) in [7, 11) is 0. The first-order valence-corrected chi connectivity index (χ1v) is 20.6. The summed E-state index contributed by atoms with van der Waals surface area (Å²) in [5, 5.41) is 6.45. The fourth-order valence-electron chi connectivity index (χ4n) is 9.38. The number of hydrogen-bond donors (Lipinski definition) is 0. The van der Waals surface area contributed by atoms with E-state index in [0.29, 0.717) is 0 Å². The summed E-state index contributed by atoms with van der Waals surface area (Å²) in [5.74, 6) is 0. The van der Waals surface area contributed by atoms with E-state index in [1.165, 1.54) is 102 Å². The van der Waals surface area contributed by atoms with Gasteiger partial charge in [0.15, 0.2) is 0 Å². The number of aromatic nitrogens is 1. The molecule has 2 heteroatoms. The maximum Gasteiger partial charge on any atom is 0.0534 e. The van der Waals surface area contributed by atoms with Gasteiger partial charge in [-0.3, -0.25) is 0 Å². The van der Waals surface area contributed by atoms with Gasteiger partial charge in [0.05, 0.1) is 5.52 Å². The smallest absolute Gasteiger partial charge is 0.0534 e. The van der Waals surface area contributed by atoms with Crippen LogP contribution in [0, 0.1) is 0 Å². The van der Waals surface area contributed by atoms with Crippen molar-refractivity contribution in [3.63, 3.8) is 0 Å². The van der Waals surface area contributed by atoms with E-state index in [1.807, 2.05) is 0 Å². The minimum Gasteiger partial charge on any atom is -0.313 e. The van der Waals surface area contributed by atoms with Gasteiger partial charge in [0.1, 0.15) is 0 Å². The molecule has 10 aromatic rings. The molecular weight excluding hydrogens is 701 g/mol. The Morgan fingerprint density at radius 1 is 0.345 bits per heavy atom. The highest BCUT2D eigenvalue weighted by molar-refractivity contribution is 5.98. The van der Waals surface area contributed by atoms with Gasteiger partial charge in [0.25, 0.3) is 0 Å². The molecule has 0 unspecified atom stereocenters. The Hall–Kier alpha value is -7.16. The minimum atomic E-state index is 1.11. The molecule has 9 aromatic carbocycles. The number of hydrogen-bond acceptors (Lipinski definition) is 1. The first-order chi connectivity index (χ1) is 28.8. The normalized spacial score (nSPS) is 12.6. The van der Waals surface area contributed by atoms with Crippen molar-refractivity contribution < 1.29 is 0 Å². The highest BCUT2D eigenvalue weighted by atomic mass is 15.1. The zero-order valence-corrected chi connectivity index (χ0v) is 32.4. The zero-order valence-electron chi connectivity index (χ0n) is 32.4. The van der Waals surface area contributed by atoms with Crippen molar-refractivity contribution in [2.24, 2.45) is 0 Å². The number of benzene rings is 9. The Balaban J connectivity index is 0.948. The van der Waals surface area contributed by atoms with E-state index in [1.54, 1.807) is 0 Å². The quantitative estimate of drug-likeness (QED) is 0.158. The third-order valence-electron chi connectivity index (χ3n) is 12.2. The Bertz CT molecular complexity index is 2950. The number of nitrogens with zero attached hydrogens (tertiary/aromatic N) is 2. The van der Waals surface area contributed by atoms with Gasteiger partial charge in [0, 0.05) is 33.8 Å². The number of rotatable bonds is 7. The SMILES string of the molecule is c1ccc2c(-c3ccc(N(c4ccc(-c5ccc(-n6c7c(c8ccccc86)CCCC7)cc5)cc4)c4ccc(-c5cccc6ccccc56)cc4)cc3)cccc2c1. The zero-order chi connectivity index (χ0) is 38.4. The van der Waals surface area contributed by atoms with E-state index < -0.39 is 0 Å². The second kappa shape index (κ2) is 14.4. The van der Waals surface area contributed by atoms with E-state index in [0.717, 1.165) is 23.5 Å². The molecule has 0 N–H and O–H groups in total. The number of fused-ring (bicyclic) bond motifs is 5. The van der Waals surface area contributed by atoms with Gasteiger partial charge in [0.2, 0.25) is 0 Å². The van der Waals surface area contributed by atoms with Gasteiger partial charge in [-0.2, -0.15) is 0 Å². The Labute approximate surface area is 339 Å². The van der Waals surface area contributed by atoms with E-state index in [-0.39, 0.29) is 0 Å². The lowest BCUT2D eigenvalue weighted by molar-refractivity contribution is 0.667. The first kappa shape index (κ1) is 34.1. The molecule has 0 aliphatic heterocycles. The third kappa shape index (κ3) is 5.97. The summed E-state index contributed by atoms with van der Waals surface area (Å²) < 4.78 is 2.51. The van der Waals surface area contributed by atoms with E-state index >= 15 is 0 Å². The summed E-state index contributed by atoms with van der Waals surface area (Å²) in [6.45, 7) is 0. The molecule has 0 spiro atoms. The maximum absolute atomic E-state index is 2.51. The average molecular weight is 743 g/mol. The molecule has 0 radical (unpaired) electrons. The summed E-state index contributed by atoms with van der Waals surface area (Å²) in [6.07, 6.45) is 4.85. The molecule has 1 aliphatic rings. The number of para-hydroxylation sites is 1. The maximum atomic E-state index is 2.51. The summed E-state index contributed by atoms with van der Waals surface area (Å²) in [4.78, 5) is 2.37. The van der Waals surface area contributed by atoms with Crippen molar-refractivity contribution >= 4 is 49.5 Å². The summed E-state index contributed by atoms with van der Waals surface area (Å²) in [6, 6.07) is 75.6. The lowest BCUT2D eigenvalue weighted by Gasteiger charge is -2.26. The molecule has 58 heavy (non-hydrogen) atoms. The van der Waals surface area contributed by atoms with Crippen LogP contribution in [0.2, 0.25) is 0 Å². The second-order valence-electron chi connectivity index (χ2n) is 15.6. The average Bonchev–Trinajstić information content (AvgIpc) is 3.64. The van der Waals surface area contributed by atoms with E-state index in [9.17, 15) is 0 Å². The molecule has 0 atom stereocenters. The highest BCUT2D eigenvalue weighted by Crippen LogP contribution is 2.40. The van der Waals surface area contributed by atoms with Gasteiger partial charge in [-0.25, -0.2) is 0 Å². The van der Waals surface area contributed by atoms with Crippen molar-refractivity contribution in [2.75, 3.05) is 4.90 Å². The van der Waals surface area contributed by atoms with Gasteiger partial charge in [-0.1, -0.05) is 152 Å². The fraction of sp³-hybridized carbons (Fsp3) is 0.0714. The molecular formula is C56H42N2. The molecule has 276 valence electrons. The second-order valence-corrected chi connectivity index (χ2v) is 15.6. The third-order valence-corrected chi connectivity index (χ3v) is 12.2. The Morgan fingerprint density at radius 3 is 1.33 bits per heavy atom. The Kier molecular flexibility index (Phi) is 8.47. The molecule has 2 nitrogen and oxygen atoms in total. The van der Waals surface area contributed by atoms with E-state index in [2.05, 4.69) is 216 Å².